The Morgan fingerprint density at radius 3 is 1.87 bits per heavy atom. The van der Waals surface area contributed by atoms with Gasteiger partial charge in [-0.05, 0) is 28.7 Å². The lowest BCUT2D eigenvalue weighted by Crippen LogP contribution is -2.58. The highest BCUT2D eigenvalue weighted by molar-refractivity contribution is 6.07. The monoisotopic (exact) mass is 522 g/mol. The van der Waals surface area contributed by atoms with Crippen molar-refractivity contribution >= 4 is 17.8 Å². The molecule has 0 heterocycles. The summed E-state index contributed by atoms with van der Waals surface area (Å²) in [6, 6.07) is 15.7. The van der Waals surface area contributed by atoms with Crippen LogP contribution < -0.4 is 11.1 Å². The maximum absolute atomic E-state index is 12.9. The molecule has 1 atom stereocenters. The van der Waals surface area contributed by atoms with Crippen molar-refractivity contribution in [1.82, 2.24) is 5.32 Å². The average Bonchev–Trinajstić information content (AvgIpc) is 3.23. The molecule has 0 radical (unpaired) electrons. The molecule has 1 amide bonds. The minimum absolute atomic E-state index is 0.0562. The van der Waals surface area contributed by atoms with Crippen LogP contribution in [0.1, 0.15) is 94.6 Å². The first-order valence-corrected chi connectivity index (χ1v) is 14.0. The molecule has 2 aromatic carbocycles. The number of benzene rings is 2. The van der Waals surface area contributed by atoms with Crippen LogP contribution in [0.3, 0.4) is 0 Å². The largest absolute Gasteiger partial charge is 0.479 e. The first-order valence-electron chi connectivity index (χ1n) is 14.0. The van der Waals surface area contributed by atoms with Crippen molar-refractivity contribution < 1.29 is 24.2 Å². The van der Waals surface area contributed by atoms with Gasteiger partial charge in [0.25, 0.3) is 0 Å². The van der Waals surface area contributed by atoms with E-state index in [0.717, 1.165) is 41.5 Å². The number of carbonyl (C=O) groups is 3. The number of hydrogen-bond acceptors (Lipinski definition) is 5. The van der Waals surface area contributed by atoms with Crippen molar-refractivity contribution in [3.8, 4) is 11.1 Å². The Bertz CT molecular complexity index is 1040. The van der Waals surface area contributed by atoms with Gasteiger partial charge < -0.3 is 20.9 Å². The van der Waals surface area contributed by atoms with Crippen LogP contribution in [0.2, 0.25) is 0 Å². The van der Waals surface area contributed by atoms with Gasteiger partial charge in [0.1, 0.15) is 6.61 Å². The Hall–Kier alpha value is -3.19. The summed E-state index contributed by atoms with van der Waals surface area (Å²) in [7, 11) is 0. The number of ether oxygens (including phenoxy) is 1. The second kappa shape index (κ2) is 14.7. The fourth-order valence-corrected chi connectivity index (χ4v) is 5.12. The number of esters is 1. The van der Waals surface area contributed by atoms with Crippen LogP contribution in [0.4, 0.5) is 0 Å². The van der Waals surface area contributed by atoms with Crippen LogP contribution in [-0.4, -0.2) is 41.6 Å². The number of nitrogens with one attached hydrogen (secondary N) is 1. The molecule has 0 bridgehead atoms. The molecule has 2 aromatic rings. The molecular weight excluding hydrogens is 480 g/mol. The zero-order valence-electron chi connectivity index (χ0n) is 22.5. The number of nitrogens with two attached hydrogens (primary N) is 1. The molecular formula is C31H42N2O5. The van der Waals surface area contributed by atoms with E-state index in [0.29, 0.717) is 6.54 Å². The summed E-state index contributed by atoms with van der Waals surface area (Å²) in [6.45, 7) is 2.59. The first-order chi connectivity index (χ1) is 18.4. The maximum Gasteiger partial charge on any atom is 0.338 e. The fourth-order valence-electron chi connectivity index (χ4n) is 5.12. The summed E-state index contributed by atoms with van der Waals surface area (Å²) in [5.41, 5.74) is 7.65. The highest BCUT2D eigenvalue weighted by Crippen LogP contribution is 2.44. The van der Waals surface area contributed by atoms with Crippen LogP contribution in [0.25, 0.3) is 11.1 Å². The van der Waals surface area contributed by atoms with E-state index in [1.807, 2.05) is 48.5 Å². The number of amides is 1. The highest BCUT2D eigenvalue weighted by Gasteiger charge is 2.46. The smallest absolute Gasteiger partial charge is 0.338 e. The molecule has 0 aromatic heterocycles. The van der Waals surface area contributed by atoms with Gasteiger partial charge in [-0.25, -0.2) is 9.59 Å². The van der Waals surface area contributed by atoms with E-state index in [-0.39, 0.29) is 12.5 Å². The van der Waals surface area contributed by atoms with Gasteiger partial charge in [0.2, 0.25) is 11.4 Å². The maximum atomic E-state index is 12.9. The van der Waals surface area contributed by atoms with E-state index in [4.69, 9.17) is 10.5 Å². The van der Waals surface area contributed by atoms with Crippen LogP contribution in [0, 0.1) is 0 Å². The standard InChI is InChI=1S/C31H42N2O5/c1-2-3-4-5-6-7-8-9-10-15-20-33-28(34)21-31(32,29(35)36)30(37)38-22-27-25-18-13-11-16-23(25)24-17-12-14-19-26(24)27/h11-14,16-19,27H,2-10,15,20-22,32H2,1H3,(H,33,34)(H,35,36). The second-order valence-electron chi connectivity index (χ2n) is 10.3. The molecule has 0 spiro atoms. The zero-order valence-corrected chi connectivity index (χ0v) is 22.5. The molecule has 4 N–H and O–H groups in total. The Morgan fingerprint density at radius 1 is 0.842 bits per heavy atom. The Labute approximate surface area is 226 Å². The minimum atomic E-state index is -2.44. The quantitative estimate of drug-likeness (QED) is 0.142. The van der Waals surface area contributed by atoms with E-state index < -0.39 is 29.8 Å². The first kappa shape index (κ1) is 29.4. The lowest BCUT2D eigenvalue weighted by molar-refractivity contribution is -0.163. The van der Waals surface area contributed by atoms with E-state index >= 15 is 0 Å². The topological polar surface area (TPSA) is 119 Å². The number of fused-ring (bicyclic) bond motifs is 3. The Morgan fingerprint density at radius 2 is 1.34 bits per heavy atom. The zero-order chi connectivity index (χ0) is 27.4. The molecule has 0 fully saturated rings. The molecule has 1 aliphatic rings. The van der Waals surface area contributed by atoms with Gasteiger partial charge in [0, 0.05) is 12.5 Å². The fraction of sp³-hybridized carbons (Fsp3) is 0.516. The molecule has 0 saturated carbocycles. The summed E-state index contributed by atoms with van der Waals surface area (Å²) >= 11 is 0. The molecule has 3 rings (SSSR count). The third-order valence-corrected chi connectivity index (χ3v) is 7.38. The third-order valence-electron chi connectivity index (χ3n) is 7.38. The van der Waals surface area contributed by atoms with Gasteiger partial charge in [0.05, 0.1) is 6.42 Å². The van der Waals surface area contributed by atoms with Gasteiger partial charge in [-0.15, -0.1) is 0 Å². The summed E-state index contributed by atoms with van der Waals surface area (Å²) in [5, 5.41) is 12.4. The van der Waals surface area contributed by atoms with Crippen LogP contribution in [0.15, 0.2) is 48.5 Å². The second-order valence-corrected chi connectivity index (χ2v) is 10.3. The SMILES string of the molecule is CCCCCCCCCCCCNC(=O)CC(N)(C(=O)O)C(=O)OCC1c2ccccc2-c2ccccc21. The number of hydrogen-bond donors (Lipinski definition) is 3. The highest BCUT2D eigenvalue weighted by atomic mass is 16.5. The van der Waals surface area contributed by atoms with Crippen molar-refractivity contribution in [1.29, 1.82) is 0 Å². The molecule has 1 aliphatic carbocycles. The van der Waals surface area contributed by atoms with Crippen LogP contribution in [0.5, 0.6) is 0 Å². The molecule has 7 heteroatoms. The van der Waals surface area contributed by atoms with E-state index in [9.17, 15) is 19.5 Å². The lowest BCUT2D eigenvalue weighted by Gasteiger charge is -2.23. The minimum Gasteiger partial charge on any atom is -0.479 e. The van der Waals surface area contributed by atoms with Crippen molar-refractivity contribution in [2.24, 2.45) is 5.73 Å². The van der Waals surface area contributed by atoms with E-state index in [2.05, 4.69) is 12.2 Å². The number of carboxylic acids is 1. The Kier molecular flexibility index (Phi) is 11.3. The molecule has 1 unspecified atom stereocenters. The normalized spacial score (nSPS) is 13.8. The Balaban J connectivity index is 1.43. The van der Waals surface area contributed by atoms with Crippen molar-refractivity contribution in [2.75, 3.05) is 13.2 Å². The number of carbonyl (C=O) groups excluding carboxylic acids is 2. The molecule has 38 heavy (non-hydrogen) atoms. The van der Waals surface area contributed by atoms with Gasteiger partial charge in [-0.3, -0.25) is 4.79 Å². The van der Waals surface area contributed by atoms with Crippen molar-refractivity contribution in [3.05, 3.63) is 59.7 Å². The summed E-state index contributed by atoms with van der Waals surface area (Å²) in [6.07, 6.45) is 11.1. The van der Waals surface area contributed by atoms with Crippen LogP contribution >= 0.6 is 0 Å². The molecule has 0 aliphatic heterocycles. The predicted molar refractivity (Wildman–Crippen MR) is 149 cm³/mol. The third kappa shape index (κ3) is 7.67. The molecule has 206 valence electrons. The van der Waals surface area contributed by atoms with Gasteiger partial charge in [-0.2, -0.15) is 0 Å². The molecule has 7 nitrogen and oxygen atoms in total. The number of rotatable bonds is 17. The van der Waals surface area contributed by atoms with Gasteiger partial charge >= 0.3 is 11.9 Å². The lowest BCUT2D eigenvalue weighted by atomic mass is 9.95. The number of carboxylic acid groups (broad SMARTS) is 1. The molecule has 0 saturated heterocycles. The van der Waals surface area contributed by atoms with Crippen LogP contribution in [-0.2, 0) is 19.1 Å². The predicted octanol–water partition coefficient (Wildman–Crippen LogP) is 5.55. The van der Waals surface area contributed by atoms with Crippen molar-refractivity contribution in [3.63, 3.8) is 0 Å². The number of aliphatic carboxylic acids is 1. The summed E-state index contributed by atoms with van der Waals surface area (Å²) in [5.74, 6) is -3.49. The summed E-state index contributed by atoms with van der Waals surface area (Å²) < 4.78 is 5.45. The van der Waals surface area contributed by atoms with Gasteiger partial charge in [-0.1, -0.05) is 113 Å². The summed E-state index contributed by atoms with van der Waals surface area (Å²) in [4.78, 5) is 37.3. The number of unbranched alkanes of at least 4 members (excludes halogenated alkanes) is 9. The van der Waals surface area contributed by atoms with Gasteiger partial charge in [0.15, 0.2) is 0 Å². The van der Waals surface area contributed by atoms with Crippen molar-refractivity contribution in [2.45, 2.75) is 89.0 Å². The average molecular weight is 523 g/mol. The van der Waals surface area contributed by atoms with E-state index in [1.54, 1.807) is 0 Å². The van der Waals surface area contributed by atoms with E-state index in [1.165, 1.54) is 44.9 Å².